The molecule has 1 amide bonds. The SMILES string of the molecule is CC/C(=C\c1ccccc1)C(=O)N1CCN(c2ccc(OC)cc2)CC1. The molecule has 1 aliphatic heterocycles. The minimum Gasteiger partial charge on any atom is -0.497 e. The minimum absolute atomic E-state index is 0.158. The zero-order chi connectivity index (χ0) is 18.4. The second kappa shape index (κ2) is 8.56. The molecule has 0 atom stereocenters. The van der Waals surface area contributed by atoms with Gasteiger partial charge in [-0.05, 0) is 42.3 Å². The van der Waals surface area contributed by atoms with Crippen LogP contribution in [0.4, 0.5) is 5.69 Å². The van der Waals surface area contributed by atoms with Gasteiger partial charge in [-0.25, -0.2) is 0 Å². The number of ether oxygens (including phenoxy) is 1. The van der Waals surface area contributed by atoms with Gasteiger partial charge in [0.15, 0.2) is 0 Å². The van der Waals surface area contributed by atoms with Crippen LogP contribution in [-0.4, -0.2) is 44.1 Å². The minimum atomic E-state index is 0.158. The lowest BCUT2D eigenvalue weighted by Crippen LogP contribution is -2.49. The van der Waals surface area contributed by atoms with Crippen LogP contribution in [0.1, 0.15) is 18.9 Å². The van der Waals surface area contributed by atoms with Gasteiger partial charge in [0.25, 0.3) is 0 Å². The molecule has 4 nitrogen and oxygen atoms in total. The van der Waals surface area contributed by atoms with Gasteiger partial charge in [0.1, 0.15) is 5.75 Å². The molecule has 0 aromatic heterocycles. The maximum absolute atomic E-state index is 12.9. The van der Waals surface area contributed by atoms with Gasteiger partial charge < -0.3 is 14.5 Å². The number of piperazine rings is 1. The number of carbonyl (C=O) groups excluding carboxylic acids is 1. The molecule has 0 aliphatic carbocycles. The average Bonchev–Trinajstić information content (AvgIpc) is 2.72. The van der Waals surface area contributed by atoms with E-state index in [-0.39, 0.29) is 5.91 Å². The average molecular weight is 350 g/mol. The topological polar surface area (TPSA) is 32.8 Å². The van der Waals surface area contributed by atoms with Crippen LogP contribution in [0.2, 0.25) is 0 Å². The fourth-order valence-corrected chi connectivity index (χ4v) is 3.23. The third-order valence-corrected chi connectivity index (χ3v) is 4.80. The van der Waals surface area contributed by atoms with E-state index in [1.165, 1.54) is 5.69 Å². The van der Waals surface area contributed by atoms with Crippen molar-refractivity contribution in [3.63, 3.8) is 0 Å². The highest BCUT2D eigenvalue weighted by Crippen LogP contribution is 2.21. The summed E-state index contributed by atoms with van der Waals surface area (Å²) in [6.07, 6.45) is 2.75. The Morgan fingerprint density at radius 3 is 2.23 bits per heavy atom. The molecule has 1 saturated heterocycles. The summed E-state index contributed by atoms with van der Waals surface area (Å²) < 4.78 is 5.21. The molecule has 4 heteroatoms. The van der Waals surface area contributed by atoms with Crippen molar-refractivity contribution in [1.82, 2.24) is 4.90 Å². The van der Waals surface area contributed by atoms with Gasteiger partial charge in [0.05, 0.1) is 7.11 Å². The number of hydrogen-bond donors (Lipinski definition) is 0. The summed E-state index contributed by atoms with van der Waals surface area (Å²) >= 11 is 0. The van der Waals surface area contributed by atoms with E-state index in [0.29, 0.717) is 0 Å². The summed E-state index contributed by atoms with van der Waals surface area (Å²) in [6, 6.07) is 18.1. The molecule has 1 aliphatic rings. The summed E-state index contributed by atoms with van der Waals surface area (Å²) in [5, 5.41) is 0. The van der Waals surface area contributed by atoms with Crippen LogP contribution in [0.25, 0.3) is 6.08 Å². The Balaban J connectivity index is 1.62. The second-order valence-corrected chi connectivity index (χ2v) is 6.41. The summed E-state index contributed by atoms with van der Waals surface area (Å²) in [7, 11) is 1.67. The van der Waals surface area contributed by atoms with Crippen LogP contribution in [0.3, 0.4) is 0 Å². The van der Waals surface area contributed by atoms with Gasteiger partial charge >= 0.3 is 0 Å². The van der Waals surface area contributed by atoms with E-state index >= 15 is 0 Å². The van der Waals surface area contributed by atoms with Crippen LogP contribution in [0, 0.1) is 0 Å². The molecular weight excluding hydrogens is 324 g/mol. The van der Waals surface area contributed by atoms with E-state index < -0.39 is 0 Å². The highest BCUT2D eigenvalue weighted by molar-refractivity contribution is 5.97. The van der Waals surface area contributed by atoms with Gasteiger partial charge in [0.2, 0.25) is 5.91 Å². The molecular formula is C22H26N2O2. The first-order valence-corrected chi connectivity index (χ1v) is 9.15. The molecule has 26 heavy (non-hydrogen) atoms. The van der Waals surface area contributed by atoms with E-state index in [4.69, 9.17) is 4.74 Å². The molecule has 0 spiro atoms. The van der Waals surface area contributed by atoms with Crippen molar-refractivity contribution in [3.05, 3.63) is 65.7 Å². The van der Waals surface area contributed by atoms with Gasteiger partial charge in [-0.1, -0.05) is 37.3 Å². The molecule has 0 bridgehead atoms. The Kier molecular flexibility index (Phi) is 5.95. The van der Waals surface area contributed by atoms with E-state index in [0.717, 1.165) is 49.5 Å². The largest absolute Gasteiger partial charge is 0.497 e. The monoisotopic (exact) mass is 350 g/mol. The lowest BCUT2D eigenvalue weighted by molar-refractivity contribution is -0.127. The van der Waals surface area contributed by atoms with E-state index in [1.54, 1.807) is 7.11 Å². The van der Waals surface area contributed by atoms with E-state index in [2.05, 4.69) is 17.0 Å². The Morgan fingerprint density at radius 1 is 1.00 bits per heavy atom. The molecule has 1 heterocycles. The maximum Gasteiger partial charge on any atom is 0.249 e. The Labute approximate surface area is 155 Å². The van der Waals surface area contributed by atoms with Crippen molar-refractivity contribution < 1.29 is 9.53 Å². The third kappa shape index (κ3) is 4.26. The summed E-state index contributed by atoms with van der Waals surface area (Å²) in [6.45, 7) is 5.23. The molecule has 3 rings (SSSR count). The lowest BCUT2D eigenvalue weighted by Gasteiger charge is -2.36. The summed E-state index contributed by atoms with van der Waals surface area (Å²) in [4.78, 5) is 17.2. The van der Waals surface area contributed by atoms with Crippen molar-refractivity contribution in [2.45, 2.75) is 13.3 Å². The van der Waals surface area contributed by atoms with Crippen molar-refractivity contribution in [1.29, 1.82) is 0 Å². The second-order valence-electron chi connectivity index (χ2n) is 6.41. The number of benzene rings is 2. The van der Waals surface area contributed by atoms with Crippen LogP contribution < -0.4 is 9.64 Å². The molecule has 2 aromatic carbocycles. The van der Waals surface area contributed by atoms with Crippen molar-refractivity contribution >= 4 is 17.7 Å². The first kappa shape index (κ1) is 18.1. The van der Waals surface area contributed by atoms with Gasteiger partial charge in [-0.2, -0.15) is 0 Å². The number of rotatable bonds is 5. The predicted octanol–water partition coefficient (Wildman–Crippen LogP) is 3.84. The number of carbonyl (C=O) groups is 1. The number of anilines is 1. The van der Waals surface area contributed by atoms with Gasteiger partial charge in [0, 0.05) is 37.4 Å². The van der Waals surface area contributed by atoms with Crippen molar-refractivity contribution in [2.75, 3.05) is 38.2 Å². The normalized spacial score (nSPS) is 15.1. The van der Waals surface area contributed by atoms with Gasteiger partial charge in [-0.15, -0.1) is 0 Å². The molecule has 0 unspecified atom stereocenters. The van der Waals surface area contributed by atoms with Crippen LogP contribution in [0.15, 0.2) is 60.2 Å². The first-order chi connectivity index (χ1) is 12.7. The standard InChI is InChI=1S/C22H26N2O2/c1-3-19(17-18-7-5-4-6-8-18)22(25)24-15-13-23(14-16-24)20-9-11-21(26-2)12-10-20/h4-12,17H,3,13-16H2,1-2H3/b19-17+. The molecule has 0 N–H and O–H groups in total. The third-order valence-electron chi connectivity index (χ3n) is 4.80. The molecule has 136 valence electrons. The molecule has 2 aromatic rings. The molecule has 0 saturated carbocycles. The zero-order valence-corrected chi connectivity index (χ0v) is 15.5. The predicted molar refractivity (Wildman–Crippen MR) is 106 cm³/mol. The summed E-state index contributed by atoms with van der Waals surface area (Å²) in [5.41, 5.74) is 3.12. The number of amides is 1. The zero-order valence-electron chi connectivity index (χ0n) is 15.5. The quantitative estimate of drug-likeness (QED) is 0.768. The highest BCUT2D eigenvalue weighted by atomic mass is 16.5. The Bertz CT molecular complexity index is 745. The fourth-order valence-electron chi connectivity index (χ4n) is 3.23. The lowest BCUT2D eigenvalue weighted by atomic mass is 10.1. The molecule has 0 radical (unpaired) electrons. The summed E-state index contributed by atoms with van der Waals surface area (Å²) in [5.74, 6) is 1.02. The van der Waals surface area contributed by atoms with E-state index in [9.17, 15) is 4.79 Å². The maximum atomic E-state index is 12.9. The Morgan fingerprint density at radius 2 is 1.65 bits per heavy atom. The highest BCUT2D eigenvalue weighted by Gasteiger charge is 2.23. The first-order valence-electron chi connectivity index (χ1n) is 9.15. The van der Waals surface area contributed by atoms with Crippen LogP contribution in [0.5, 0.6) is 5.75 Å². The number of hydrogen-bond acceptors (Lipinski definition) is 3. The van der Waals surface area contributed by atoms with Crippen LogP contribution >= 0.6 is 0 Å². The van der Waals surface area contributed by atoms with Crippen molar-refractivity contribution in [3.8, 4) is 5.75 Å². The smallest absolute Gasteiger partial charge is 0.249 e. The Hall–Kier alpha value is -2.75. The number of methoxy groups -OCH3 is 1. The van der Waals surface area contributed by atoms with Crippen LogP contribution in [-0.2, 0) is 4.79 Å². The van der Waals surface area contributed by atoms with Crippen molar-refractivity contribution in [2.24, 2.45) is 0 Å². The molecule has 1 fully saturated rings. The fraction of sp³-hybridized carbons (Fsp3) is 0.318. The van der Waals surface area contributed by atoms with E-state index in [1.807, 2.05) is 60.4 Å². The number of nitrogens with zero attached hydrogens (tertiary/aromatic N) is 2. The van der Waals surface area contributed by atoms with Gasteiger partial charge in [-0.3, -0.25) is 4.79 Å².